The summed E-state index contributed by atoms with van der Waals surface area (Å²) in [7, 11) is 0. The van der Waals surface area contributed by atoms with E-state index < -0.39 is 0 Å². The maximum Gasteiger partial charge on any atom is 0.277 e. The van der Waals surface area contributed by atoms with Crippen LogP contribution in [0.4, 0.5) is 5.69 Å². The summed E-state index contributed by atoms with van der Waals surface area (Å²) in [6.07, 6.45) is 0.853. The Bertz CT molecular complexity index is 973. The minimum atomic E-state index is -0.122. The smallest absolute Gasteiger partial charge is 0.277 e. The van der Waals surface area contributed by atoms with Gasteiger partial charge in [0, 0.05) is 11.3 Å². The Hall–Kier alpha value is -3.00. The molecule has 1 N–H and O–H groups in total. The fourth-order valence-corrected chi connectivity index (χ4v) is 3.24. The van der Waals surface area contributed by atoms with Gasteiger partial charge in [0.2, 0.25) is 18.6 Å². The first-order valence-electron chi connectivity index (χ1n) is 8.47. The lowest BCUT2D eigenvalue weighted by molar-refractivity contribution is -0.113. The van der Waals surface area contributed by atoms with Gasteiger partial charge < -0.3 is 19.2 Å². The van der Waals surface area contributed by atoms with Crippen molar-refractivity contribution in [2.24, 2.45) is 0 Å². The average Bonchev–Trinajstić information content (AvgIpc) is 3.35. The molecule has 1 aromatic heterocycles. The molecule has 0 radical (unpaired) electrons. The van der Waals surface area contributed by atoms with Crippen molar-refractivity contribution in [1.29, 1.82) is 0 Å². The van der Waals surface area contributed by atoms with Gasteiger partial charge in [-0.05, 0) is 36.2 Å². The van der Waals surface area contributed by atoms with Crippen LogP contribution in [0, 0.1) is 0 Å². The quantitative estimate of drug-likeness (QED) is 0.649. The van der Waals surface area contributed by atoms with Crippen LogP contribution >= 0.6 is 11.8 Å². The number of carbonyl (C=O) groups is 1. The number of hydrogen-bond donors (Lipinski definition) is 1. The van der Waals surface area contributed by atoms with Crippen molar-refractivity contribution in [1.82, 2.24) is 10.2 Å². The lowest BCUT2D eigenvalue weighted by Gasteiger charge is -2.08. The van der Waals surface area contributed by atoms with Gasteiger partial charge in [-0.3, -0.25) is 4.79 Å². The monoisotopic (exact) mass is 383 g/mol. The third-order valence-electron chi connectivity index (χ3n) is 4.03. The van der Waals surface area contributed by atoms with Crippen molar-refractivity contribution >= 4 is 23.4 Å². The average molecular weight is 383 g/mol. The Morgan fingerprint density at radius 2 is 2.00 bits per heavy atom. The van der Waals surface area contributed by atoms with Gasteiger partial charge in [-0.1, -0.05) is 36.9 Å². The second kappa shape index (κ2) is 7.71. The molecule has 2 heterocycles. The summed E-state index contributed by atoms with van der Waals surface area (Å²) in [5, 5.41) is 11.3. The van der Waals surface area contributed by atoms with Gasteiger partial charge in [0.1, 0.15) is 0 Å². The van der Waals surface area contributed by atoms with E-state index in [1.807, 2.05) is 30.3 Å². The van der Waals surface area contributed by atoms with Gasteiger partial charge in [0.05, 0.1) is 5.75 Å². The topological polar surface area (TPSA) is 86.5 Å². The molecular weight excluding hydrogens is 366 g/mol. The fourth-order valence-electron chi connectivity index (χ4n) is 2.68. The summed E-state index contributed by atoms with van der Waals surface area (Å²) in [5.74, 6) is 1.77. The van der Waals surface area contributed by atoms with Crippen LogP contribution < -0.4 is 14.8 Å². The van der Waals surface area contributed by atoms with Gasteiger partial charge in [-0.2, -0.15) is 0 Å². The van der Waals surface area contributed by atoms with Gasteiger partial charge in [0.15, 0.2) is 11.5 Å². The first-order chi connectivity index (χ1) is 13.2. The van der Waals surface area contributed by atoms with Crippen LogP contribution in [-0.4, -0.2) is 28.7 Å². The summed E-state index contributed by atoms with van der Waals surface area (Å²) in [5.41, 5.74) is 2.66. The highest BCUT2D eigenvalue weighted by Gasteiger charge is 2.17. The van der Waals surface area contributed by atoms with Crippen molar-refractivity contribution in [2.75, 3.05) is 17.9 Å². The third kappa shape index (κ3) is 3.90. The number of nitrogens with one attached hydrogen (secondary N) is 1. The van der Waals surface area contributed by atoms with Crippen molar-refractivity contribution in [3.63, 3.8) is 0 Å². The number of nitrogens with zero attached hydrogens (tertiary/aromatic N) is 2. The van der Waals surface area contributed by atoms with Crippen LogP contribution in [0.15, 0.2) is 52.1 Å². The van der Waals surface area contributed by atoms with Crippen molar-refractivity contribution < 1.29 is 18.7 Å². The summed E-state index contributed by atoms with van der Waals surface area (Å²) in [6, 6.07) is 13.2. The Morgan fingerprint density at radius 1 is 1.15 bits per heavy atom. The molecule has 0 unspecified atom stereocenters. The summed E-state index contributed by atoms with van der Waals surface area (Å²) in [4.78, 5) is 12.2. The molecule has 0 bridgehead atoms. The minimum Gasteiger partial charge on any atom is -0.454 e. The highest BCUT2D eigenvalue weighted by molar-refractivity contribution is 7.99. The van der Waals surface area contributed by atoms with Crippen molar-refractivity contribution in [3.8, 4) is 23.0 Å². The second-order valence-corrected chi connectivity index (χ2v) is 6.72. The van der Waals surface area contributed by atoms with Gasteiger partial charge >= 0.3 is 0 Å². The van der Waals surface area contributed by atoms with Crippen LogP contribution in [0.5, 0.6) is 11.5 Å². The molecule has 2 aromatic carbocycles. The molecule has 138 valence electrons. The van der Waals surface area contributed by atoms with E-state index in [1.165, 1.54) is 11.8 Å². The Labute approximate surface area is 160 Å². The number of carbonyl (C=O) groups excluding carboxylic acids is 1. The van der Waals surface area contributed by atoms with Crippen LogP contribution in [-0.2, 0) is 11.2 Å². The lowest BCUT2D eigenvalue weighted by Crippen LogP contribution is -2.15. The molecule has 1 aliphatic heterocycles. The SMILES string of the molecule is CCc1ccccc1NC(=O)CSc1nnc(-c2ccc3c(c2)OCO3)o1. The Balaban J connectivity index is 1.37. The van der Waals surface area contributed by atoms with Gasteiger partial charge in [-0.15, -0.1) is 10.2 Å². The number of para-hydroxylation sites is 1. The zero-order valence-corrected chi connectivity index (χ0v) is 15.4. The number of hydrogen-bond acceptors (Lipinski definition) is 7. The number of fused-ring (bicyclic) bond motifs is 1. The predicted octanol–water partition coefficient (Wildman–Crippen LogP) is 3.76. The molecule has 1 amide bonds. The molecule has 0 atom stereocenters. The number of anilines is 1. The molecule has 0 saturated heterocycles. The van der Waals surface area contributed by atoms with Crippen molar-refractivity contribution in [3.05, 3.63) is 48.0 Å². The second-order valence-electron chi connectivity index (χ2n) is 5.79. The van der Waals surface area contributed by atoms with E-state index in [-0.39, 0.29) is 18.5 Å². The van der Waals surface area contributed by atoms with E-state index in [4.69, 9.17) is 13.9 Å². The first-order valence-corrected chi connectivity index (χ1v) is 9.45. The molecule has 0 fully saturated rings. The predicted molar refractivity (Wildman–Crippen MR) is 101 cm³/mol. The highest BCUT2D eigenvalue weighted by atomic mass is 32.2. The first kappa shape index (κ1) is 17.4. The summed E-state index contributed by atoms with van der Waals surface area (Å²) >= 11 is 1.19. The molecule has 7 nitrogen and oxygen atoms in total. The molecule has 0 spiro atoms. The summed E-state index contributed by atoms with van der Waals surface area (Å²) < 4.78 is 16.3. The molecule has 0 aliphatic carbocycles. The number of rotatable bonds is 6. The number of benzene rings is 2. The molecule has 1 aliphatic rings. The normalized spacial score (nSPS) is 12.2. The van der Waals surface area contributed by atoms with Gasteiger partial charge in [0.25, 0.3) is 5.22 Å². The number of amides is 1. The Morgan fingerprint density at radius 3 is 2.89 bits per heavy atom. The zero-order valence-electron chi connectivity index (χ0n) is 14.6. The fraction of sp³-hybridized carbons (Fsp3) is 0.211. The largest absolute Gasteiger partial charge is 0.454 e. The standard InChI is InChI=1S/C19H17N3O4S/c1-2-12-5-3-4-6-14(12)20-17(23)10-27-19-22-21-18(26-19)13-7-8-15-16(9-13)25-11-24-15/h3-9H,2,10-11H2,1H3,(H,20,23). The lowest BCUT2D eigenvalue weighted by atomic mass is 10.1. The number of ether oxygens (including phenoxy) is 2. The van der Waals surface area contributed by atoms with E-state index in [2.05, 4.69) is 22.4 Å². The summed E-state index contributed by atoms with van der Waals surface area (Å²) in [6.45, 7) is 2.26. The molecule has 8 heteroatoms. The highest BCUT2D eigenvalue weighted by Crippen LogP contribution is 2.36. The number of aromatic nitrogens is 2. The molecule has 0 saturated carbocycles. The van der Waals surface area contributed by atoms with E-state index in [1.54, 1.807) is 12.1 Å². The van der Waals surface area contributed by atoms with E-state index in [0.29, 0.717) is 22.6 Å². The molecule has 3 aromatic rings. The van der Waals surface area contributed by atoms with Gasteiger partial charge in [-0.25, -0.2) is 0 Å². The molecule has 27 heavy (non-hydrogen) atoms. The van der Waals surface area contributed by atoms with E-state index >= 15 is 0 Å². The van der Waals surface area contributed by atoms with Crippen LogP contribution in [0.2, 0.25) is 0 Å². The van der Waals surface area contributed by atoms with Crippen molar-refractivity contribution in [2.45, 2.75) is 18.6 Å². The maximum atomic E-state index is 12.2. The van der Waals surface area contributed by atoms with Crippen LogP contribution in [0.25, 0.3) is 11.5 Å². The molecular formula is C19H17N3O4S. The maximum absolute atomic E-state index is 12.2. The van der Waals surface area contributed by atoms with Crippen LogP contribution in [0.3, 0.4) is 0 Å². The number of aryl methyl sites for hydroxylation is 1. The zero-order chi connectivity index (χ0) is 18.6. The number of thioether (sulfide) groups is 1. The van der Waals surface area contributed by atoms with Crippen LogP contribution in [0.1, 0.15) is 12.5 Å². The van der Waals surface area contributed by atoms with E-state index in [9.17, 15) is 4.79 Å². The Kier molecular flexibility index (Phi) is 4.97. The van der Waals surface area contributed by atoms with E-state index in [0.717, 1.165) is 23.2 Å². The minimum absolute atomic E-state index is 0.122. The third-order valence-corrected chi connectivity index (χ3v) is 4.84. The molecule has 4 rings (SSSR count).